The minimum atomic E-state index is -2.73. The van der Waals surface area contributed by atoms with Crippen molar-refractivity contribution in [1.29, 1.82) is 0 Å². The highest BCUT2D eigenvalue weighted by Gasteiger charge is 2.34. The Morgan fingerprint density at radius 2 is 1.94 bits per heavy atom. The van der Waals surface area contributed by atoms with E-state index in [1.54, 1.807) is 0 Å². The van der Waals surface area contributed by atoms with Crippen LogP contribution in [0.15, 0.2) is 0 Å². The fourth-order valence-corrected chi connectivity index (χ4v) is 4.03. The molecule has 0 aromatic carbocycles. The van der Waals surface area contributed by atoms with Gasteiger partial charge >= 0.3 is 0 Å². The van der Waals surface area contributed by atoms with Gasteiger partial charge in [0.15, 0.2) is 0 Å². The molecule has 0 radical (unpaired) electrons. The summed E-state index contributed by atoms with van der Waals surface area (Å²) in [6, 6.07) is 0. The van der Waals surface area contributed by atoms with Crippen LogP contribution in [0.3, 0.4) is 0 Å². The third-order valence-electron chi connectivity index (χ3n) is 3.44. The molecule has 0 aromatic rings. The summed E-state index contributed by atoms with van der Waals surface area (Å²) in [7, 11) is -2.73. The molecular weight excluding hydrogens is 226 g/mol. The maximum atomic E-state index is 11.3. The molecule has 2 rings (SSSR count). The Morgan fingerprint density at radius 1 is 1.31 bits per heavy atom. The molecule has 4 nitrogen and oxygen atoms in total. The normalized spacial score (nSPS) is 34.0. The van der Waals surface area contributed by atoms with Gasteiger partial charge in [-0.25, -0.2) is 8.42 Å². The molecule has 0 aromatic heterocycles. The molecular formula is C11H21NO3S. The van der Waals surface area contributed by atoms with Crippen molar-refractivity contribution in [3.05, 3.63) is 0 Å². The van der Waals surface area contributed by atoms with Crippen LogP contribution in [-0.2, 0) is 14.6 Å². The van der Waals surface area contributed by atoms with Gasteiger partial charge in [0.05, 0.1) is 17.1 Å². The zero-order chi connectivity index (χ0) is 11.8. The van der Waals surface area contributed by atoms with E-state index >= 15 is 0 Å². The highest BCUT2D eigenvalue weighted by molar-refractivity contribution is 7.91. The van der Waals surface area contributed by atoms with E-state index in [1.807, 2.05) is 0 Å². The van der Waals surface area contributed by atoms with Crippen LogP contribution >= 0.6 is 0 Å². The summed E-state index contributed by atoms with van der Waals surface area (Å²) >= 11 is 0. The second kappa shape index (κ2) is 4.27. The predicted molar refractivity (Wildman–Crippen MR) is 62.9 cm³/mol. The van der Waals surface area contributed by atoms with Crippen molar-refractivity contribution >= 4 is 9.84 Å². The predicted octanol–water partition coefficient (Wildman–Crippen LogP) is 0.926. The van der Waals surface area contributed by atoms with Gasteiger partial charge in [-0.15, -0.1) is 0 Å². The molecule has 0 aliphatic carbocycles. The van der Waals surface area contributed by atoms with Crippen LogP contribution in [0.4, 0.5) is 0 Å². The molecule has 94 valence electrons. The summed E-state index contributed by atoms with van der Waals surface area (Å²) in [5.74, 6) is 1.21. The average Bonchev–Trinajstić information content (AvgIpc) is 2.50. The number of nitrogens with one attached hydrogen (secondary N) is 1. The molecule has 1 atom stereocenters. The van der Waals surface area contributed by atoms with Gasteiger partial charge in [-0.3, -0.25) is 5.32 Å². The molecule has 0 amide bonds. The Balaban J connectivity index is 1.80. The van der Waals surface area contributed by atoms with Crippen molar-refractivity contribution in [3.8, 4) is 0 Å². The van der Waals surface area contributed by atoms with Crippen LogP contribution in [0.1, 0.15) is 33.1 Å². The summed E-state index contributed by atoms with van der Waals surface area (Å²) in [4.78, 5) is 0. The zero-order valence-corrected chi connectivity index (χ0v) is 10.8. The van der Waals surface area contributed by atoms with E-state index in [1.165, 1.54) is 0 Å². The number of rotatable bonds is 2. The molecule has 1 unspecified atom stereocenters. The summed E-state index contributed by atoms with van der Waals surface area (Å²) in [5, 5.41) is 3.34. The molecule has 2 aliphatic rings. The smallest absolute Gasteiger partial charge is 0.150 e. The van der Waals surface area contributed by atoms with E-state index in [0.717, 1.165) is 25.8 Å². The minimum absolute atomic E-state index is 0.0780. The summed E-state index contributed by atoms with van der Waals surface area (Å²) in [6.07, 6.45) is 2.65. The zero-order valence-electron chi connectivity index (χ0n) is 10.0. The van der Waals surface area contributed by atoms with Crippen molar-refractivity contribution in [1.82, 2.24) is 5.32 Å². The summed E-state index contributed by atoms with van der Waals surface area (Å²) in [5.41, 5.74) is -0.0780. The van der Waals surface area contributed by atoms with E-state index in [-0.39, 0.29) is 11.8 Å². The van der Waals surface area contributed by atoms with E-state index in [0.29, 0.717) is 17.4 Å². The highest BCUT2D eigenvalue weighted by Crippen LogP contribution is 2.27. The fraction of sp³-hybridized carbons (Fsp3) is 1.00. The maximum absolute atomic E-state index is 11.3. The molecule has 5 heteroatoms. The first-order valence-electron chi connectivity index (χ1n) is 5.98. The van der Waals surface area contributed by atoms with Crippen LogP contribution in [0.2, 0.25) is 0 Å². The van der Waals surface area contributed by atoms with Crippen molar-refractivity contribution in [2.24, 2.45) is 5.92 Å². The lowest BCUT2D eigenvalue weighted by Gasteiger charge is -2.25. The first-order valence-corrected chi connectivity index (χ1v) is 7.80. The molecule has 0 spiro atoms. The van der Waals surface area contributed by atoms with Gasteiger partial charge in [0.25, 0.3) is 0 Å². The molecule has 2 fully saturated rings. The van der Waals surface area contributed by atoms with E-state index in [9.17, 15) is 8.42 Å². The van der Waals surface area contributed by atoms with Crippen LogP contribution in [0.5, 0.6) is 0 Å². The molecule has 2 aliphatic heterocycles. The molecule has 0 saturated carbocycles. The second-order valence-corrected chi connectivity index (χ2v) is 7.88. The lowest BCUT2D eigenvalue weighted by molar-refractivity contribution is -0.0251. The second-order valence-electron chi connectivity index (χ2n) is 5.58. The minimum Gasteiger partial charge on any atom is -0.356 e. The molecule has 1 N–H and O–H groups in total. The number of ether oxygens (including phenoxy) is 1. The molecule has 0 bridgehead atoms. The monoisotopic (exact) mass is 247 g/mol. The van der Waals surface area contributed by atoms with E-state index in [4.69, 9.17) is 4.74 Å². The Kier molecular flexibility index (Phi) is 3.29. The quantitative estimate of drug-likeness (QED) is 0.788. The van der Waals surface area contributed by atoms with Crippen LogP contribution in [0.25, 0.3) is 0 Å². The average molecular weight is 247 g/mol. The first kappa shape index (κ1) is 12.3. The van der Waals surface area contributed by atoms with Crippen LogP contribution in [0, 0.1) is 5.92 Å². The van der Waals surface area contributed by atoms with Crippen molar-refractivity contribution < 1.29 is 13.2 Å². The number of sulfone groups is 1. The van der Waals surface area contributed by atoms with Gasteiger partial charge in [-0.2, -0.15) is 0 Å². The summed E-state index contributed by atoms with van der Waals surface area (Å²) in [6.45, 7) is 5.03. The Bertz CT molecular complexity index is 336. The van der Waals surface area contributed by atoms with Crippen LogP contribution in [-0.4, -0.2) is 38.3 Å². The van der Waals surface area contributed by atoms with Gasteiger partial charge < -0.3 is 4.74 Å². The first-order chi connectivity index (χ1) is 7.36. The lowest BCUT2D eigenvalue weighted by Crippen LogP contribution is -2.30. The topological polar surface area (TPSA) is 55.4 Å². The standard InChI is InChI=1S/C11H21NO3S/c1-11(2)8-12-10(15-11)7-9-3-5-16(13,14)6-4-9/h9-10,12H,3-8H2,1-2H3. The van der Waals surface area contributed by atoms with Gasteiger partial charge in [0.2, 0.25) is 0 Å². The van der Waals surface area contributed by atoms with Crippen molar-refractivity contribution in [2.45, 2.75) is 44.9 Å². The van der Waals surface area contributed by atoms with Crippen molar-refractivity contribution in [3.63, 3.8) is 0 Å². The van der Waals surface area contributed by atoms with Gasteiger partial charge in [-0.1, -0.05) is 0 Å². The van der Waals surface area contributed by atoms with Gasteiger partial charge in [0.1, 0.15) is 16.1 Å². The Labute approximate surface area is 97.7 Å². The van der Waals surface area contributed by atoms with E-state index < -0.39 is 9.84 Å². The lowest BCUT2D eigenvalue weighted by atomic mass is 9.98. The molecule has 2 heterocycles. The Hall–Kier alpha value is -0.130. The Morgan fingerprint density at radius 3 is 2.44 bits per heavy atom. The number of hydrogen-bond acceptors (Lipinski definition) is 4. The summed E-state index contributed by atoms with van der Waals surface area (Å²) < 4.78 is 28.4. The number of hydrogen-bond donors (Lipinski definition) is 1. The molecule has 16 heavy (non-hydrogen) atoms. The highest BCUT2D eigenvalue weighted by atomic mass is 32.2. The largest absolute Gasteiger partial charge is 0.356 e. The third kappa shape index (κ3) is 3.18. The van der Waals surface area contributed by atoms with Crippen molar-refractivity contribution in [2.75, 3.05) is 18.1 Å². The van der Waals surface area contributed by atoms with Gasteiger partial charge in [-0.05, 0) is 39.0 Å². The third-order valence-corrected chi connectivity index (χ3v) is 5.15. The van der Waals surface area contributed by atoms with Crippen LogP contribution < -0.4 is 5.32 Å². The van der Waals surface area contributed by atoms with Gasteiger partial charge in [0, 0.05) is 6.54 Å². The maximum Gasteiger partial charge on any atom is 0.150 e. The van der Waals surface area contributed by atoms with E-state index in [2.05, 4.69) is 19.2 Å². The fourth-order valence-electron chi connectivity index (χ4n) is 2.44. The SMILES string of the molecule is CC1(C)CNC(CC2CCS(=O)(=O)CC2)O1. The molecule has 2 saturated heterocycles.